The first-order valence-electron chi connectivity index (χ1n) is 7.28. The fraction of sp³-hybridized carbons (Fsp3) is 0.625. The van der Waals surface area contributed by atoms with Crippen LogP contribution in [0.25, 0.3) is 0 Å². The summed E-state index contributed by atoms with van der Waals surface area (Å²) in [6, 6.07) is 4.98. The highest BCUT2D eigenvalue weighted by Gasteiger charge is 2.36. The van der Waals surface area contributed by atoms with Crippen molar-refractivity contribution in [1.29, 1.82) is 0 Å². The Bertz CT molecular complexity index is 440. The standard InChI is InChI=1S/C16H22F2O2/c1-3-5-12-6-7-13(9-14(12)17)15-19-10-16(18,8-4-2)11-20-15/h6-7,9,15H,3-5,8,10-11H2,1-2H3. The van der Waals surface area contributed by atoms with Gasteiger partial charge in [0.2, 0.25) is 0 Å². The summed E-state index contributed by atoms with van der Waals surface area (Å²) in [5.74, 6) is -0.248. The van der Waals surface area contributed by atoms with Gasteiger partial charge in [-0.1, -0.05) is 38.8 Å². The number of hydrogen-bond donors (Lipinski definition) is 0. The number of halogens is 2. The van der Waals surface area contributed by atoms with Gasteiger partial charge in [0.05, 0.1) is 13.2 Å². The minimum absolute atomic E-state index is 0.00381. The van der Waals surface area contributed by atoms with Crippen molar-refractivity contribution in [3.05, 3.63) is 35.1 Å². The number of hydrogen-bond acceptors (Lipinski definition) is 2. The lowest BCUT2D eigenvalue weighted by molar-refractivity contribution is -0.239. The summed E-state index contributed by atoms with van der Waals surface area (Å²) >= 11 is 0. The zero-order valence-corrected chi connectivity index (χ0v) is 12.1. The molecule has 0 unspecified atom stereocenters. The van der Waals surface area contributed by atoms with Gasteiger partial charge >= 0.3 is 0 Å². The second-order valence-electron chi connectivity index (χ2n) is 5.46. The Morgan fingerprint density at radius 1 is 1.20 bits per heavy atom. The van der Waals surface area contributed by atoms with Gasteiger partial charge in [-0.3, -0.25) is 0 Å². The molecule has 4 heteroatoms. The molecule has 2 nitrogen and oxygen atoms in total. The van der Waals surface area contributed by atoms with Crippen molar-refractivity contribution in [2.45, 2.75) is 51.5 Å². The molecule has 0 atom stereocenters. The lowest BCUT2D eigenvalue weighted by Gasteiger charge is -2.34. The second kappa shape index (κ2) is 6.64. The highest BCUT2D eigenvalue weighted by Crippen LogP contribution is 2.32. The Labute approximate surface area is 119 Å². The minimum Gasteiger partial charge on any atom is -0.345 e. The zero-order valence-electron chi connectivity index (χ0n) is 12.1. The number of rotatable bonds is 5. The van der Waals surface area contributed by atoms with Crippen LogP contribution < -0.4 is 0 Å². The predicted molar refractivity (Wildman–Crippen MR) is 73.8 cm³/mol. The van der Waals surface area contributed by atoms with Crippen molar-refractivity contribution in [2.24, 2.45) is 0 Å². The van der Waals surface area contributed by atoms with E-state index in [1.165, 1.54) is 6.07 Å². The predicted octanol–water partition coefficient (Wildman–Crippen LogP) is 4.33. The topological polar surface area (TPSA) is 18.5 Å². The largest absolute Gasteiger partial charge is 0.345 e. The van der Waals surface area contributed by atoms with Crippen LogP contribution in [0.2, 0.25) is 0 Å². The van der Waals surface area contributed by atoms with Crippen molar-refractivity contribution in [3.63, 3.8) is 0 Å². The molecule has 0 radical (unpaired) electrons. The van der Waals surface area contributed by atoms with Gasteiger partial charge in [-0.25, -0.2) is 8.78 Å². The molecule has 0 bridgehead atoms. The van der Waals surface area contributed by atoms with Gasteiger partial charge in [0, 0.05) is 5.56 Å². The summed E-state index contributed by atoms with van der Waals surface area (Å²) in [4.78, 5) is 0. The third kappa shape index (κ3) is 3.55. The highest BCUT2D eigenvalue weighted by molar-refractivity contribution is 5.25. The SMILES string of the molecule is CCCc1ccc(C2OCC(F)(CCC)CO2)cc1F. The van der Waals surface area contributed by atoms with Crippen LogP contribution >= 0.6 is 0 Å². The lowest BCUT2D eigenvalue weighted by atomic mass is 10.0. The van der Waals surface area contributed by atoms with E-state index < -0.39 is 12.0 Å². The summed E-state index contributed by atoms with van der Waals surface area (Å²) in [7, 11) is 0. The molecular formula is C16H22F2O2. The average molecular weight is 284 g/mol. The molecule has 0 aliphatic carbocycles. The number of ether oxygens (including phenoxy) is 2. The molecule has 2 rings (SSSR count). The van der Waals surface area contributed by atoms with Gasteiger partial charge in [-0.05, 0) is 24.5 Å². The van der Waals surface area contributed by atoms with E-state index in [0.29, 0.717) is 24.0 Å². The monoisotopic (exact) mass is 284 g/mol. The molecule has 1 aromatic carbocycles. The molecule has 0 spiro atoms. The fourth-order valence-corrected chi connectivity index (χ4v) is 2.51. The van der Waals surface area contributed by atoms with E-state index in [1.807, 2.05) is 13.8 Å². The van der Waals surface area contributed by atoms with E-state index in [-0.39, 0.29) is 19.0 Å². The van der Waals surface area contributed by atoms with Crippen LogP contribution in [0.3, 0.4) is 0 Å². The van der Waals surface area contributed by atoms with Crippen molar-refractivity contribution in [2.75, 3.05) is 13.2 Å². The van der Waals surface area contributed by atoms with Crippen molar-refractivity contribution >= 4 is 0 Å². The summed E-state index contributed by atoms with van der Waals surface area (Å²) in [6.45, 7) is 3.94. The summed E-state index contributed by atoms with van der Waals surface area (Å²) < 4.78 is 38.9. The molecule has 1 heterocycles. The number of benzene rings is 1. The maximum Gasteiger partial charge on any atom is 0.184 e. The molecule has 0 saturated carbocycles. The Balaban J connectivity index is 2.02. The first-order valence-corrected chi connectivity index (χ1v) is 7.28. The summed E-state index contributed by atoms with van der Waals surface area (Å²) in [5, 5.41) is 0. The zero-order chi connectivity index (χ0) is 14.6. The molecule has 20 heavy (non-hydrogen) atoms. The minimum atomic E-state index is -1.41. The van der Waals surface area contributed by atoms with Gasteiger partial charge in [-0.15, -0.1) is 0 Å². The Hall–Kier alpha value is -1.00. The summed E-state index contributed by atoms with van der Waals surface area (Å²) in [5.41, 5.74) is -0.106. The molecule has 1 aliphatic rings. The molecule has 1 fully saturated rings. The highest BCUT2D eigenvalue weighted by atomic mass is 19.1. The molecular weight excluding hydrogens is 262 g/mol. The van der Waals surface area contributed by atoms with Crippen molar-refractivity contribution in [3.8, 4) is 0 Å². The van der Waals surface area contributed by atoms with Gasteiger partial charge < -0.3 is 9.47 Å². The van der Waals surface area contributed by atoms with E-state index >= 15 is 0 Å². The number of aryl methyl sites for hydroxylation is 1. The molecule has 0 aromatic heterocycles. The number of alkyl halides is 1. The molecule has 1 saturated heterocycles. The third-order valence-electron chi connectivity index (χ3n) is 3.55. The first-order chi connectivity index (χ1) is 9.58. The summed E-state index contributed by atoms with van der Waals surface area (Å²) in [6.07, 6.45) is 2.11. The molecule has 0 amide bonds. The van der Waals surface area contributed by atoms with E-state index in [4.69, 9.17) is 9.47 Å². The normalized spacial score (nSPS) is 26.7. The van der Waals surface area contributed by atoms with E-state index in [0.717, 1.165) is 12.8 Å². The van der Waals surface area contributed by atoms with E-state index in [9.17, 15) is 8.78 Å². The molecule has 1 aliphatic heterocycles. The van der Waals surface area contributed by atoms with Gasteiger partial charge in [0.1, 0.15) is 5.82 Å². The maximum absolute atomic E-state index is 14.2. The molecule has 1 aromatic rings. The van der Waals surface area contributed by atoms with Crippen LogP contribution in [0, 0.1) is 5.82 Å². The Kier molecular flexibility index (Phi) is 5.11. The van der Waals surface area contributed by atoms with Gasteiger partial charge in [-0.2, -0.15) is 0 Å². The van der Waals surface area contributed by atoms with Crippen LogP contribution in [0.15, 0.2) is 18.2 Å². The smallest absolute Gasteiger partial charge is 0.184 e. The lowest BCUT2D eigenvalue weighted by Crippen LogP contribution is -2.41. The van der Waals surface area contributed by atoms with Crippen LogP contribution in [-0.4, -0.2) is 18.9 Å². The van der Waals surface area contributed by atoms with Crippen molar-refractivity contribution in [1.82, 2.24) is 0 Å². The van der Waals surface area contributed by atoms with Crippen LogP contribution in [-0.2, 0) is 15.9 Å². The van der Waals surface area contributed by atoms with Gasteiger partial charge in [0.25, 0.3) is 0 Å². The molecule has 112 valence electrons. The Morgan fingerprint density at radius 2 is 1.90 bits per heavy atom. The van der Waals surface area contributed by atoms with Crippen molar-refractivity contribution < 1.29 is 18.3 Å². The van der Waals surface area contributed by atoms with Gasteiger partial charge in [0.15, 0.2) is 12.0 Å². The van der Waals surface area contributed by atoms with E-state index in [2.05, 4.69) is 0 Å². The van der Waals surface area contributed by atoms with Crippen LogP contribution in [0.5, 0.6) is 0 Å². The molecule has 0 N–H and O–H groups in total. The van der Waals surface area contributed by atoms with Crippen LogP contribution in [0.4, 0.5) is 8.78 Å². The maximum atomic E-state index is 14.2. The first kappa shape index (κ1) is 15.4. The van der Waals surface area contributed by atoms with Crippen LogP contribution in [0.1, 0.15) is 50.5 Å². The average Bonchev–Trinajstić information content (AvgIpc) is 2.42. The van der Waals surface area contributed by atoms with E-state index in [1.54, 1.807) is 12.1 Å². The second-order valence-corrected chi connectivity index (χ2v) is 5.46. The quantitative estimate of drug-likeness (QED) is 0.801. The Morgan fingerprint density at radius 3 is 2.45 bits per heavy atom. The fourth-order valence-electron chi connectivity index (χ4n) is 2.51. The third-order valence-corrected chi connectivity index (χ3v) is 3.55.